The van der Waals surface area contributed by atoms with Crippen LogP contribution in [0.4, 0.5) is 0 Å². The van der Waals surface area contributed by atoms with Gasteiger partial charge in [0, 0.05) is 29.2 Å². The third-order valence-corrected chi connectivity index (χ3v) is 5.55. The summed E-state index contributed by atoms with van der Waals surface area (Å²) in [7, 11) is 0. The van der Waals surface area contributed by atoms with Crippen molar-refractivity contribution < 1.29 is 9.53 Å². The zero-order valence-electron chi connectivity index (χ0n) is 15.3. The molecule has 3 rings (SSSR count). The molecule has 0 aliphatic carbocycles. The minimum absolute atomic E-state index is 0.0701. The van der Waals surface area contributed by atoms with Crippen LogP contribution in [0.1, 0.15) is 24.1 Å². The third kappa shape index (κ3) is 5.23. The Kier molecular flexibility index (Phi) is 7.13. The Labute approximate surface area is 170 Å². The molecular weight excluding hydrogens is 383 g/mol. The first-order valence-corrected chi connectivity index (χ1v) is 9.91. The van der Waals surface area contributed by atoms with E-state index in [0.717, 1.165) is 13.1 Å². The number of halogens is 2. The average molecular weight is 407 g/mol. The summed E-state index contributed by atoms with van der Waals surface area (Å²) >= 11 is 12.4. The van der Waals surface area contributed by atoms with Crippen molar-refractivity contribution in [2.45, 2.75) is 25.4 Å². The summed E-state index contributed by atoms with van der Waals surface area (Å²) in [5, 5.41) is 4.16. The number of nitrogens with one attached hydrogen (secondary N) is 1. The van der Waals surface area contributed by atoms with Crippen molar-refractivity contribution in [3.05, 3.63) is 69.7 Å². The number of carbonyl (C=O) groups is 1. The first-order chi connectivity index (χ1) is 13.1. The molecule has 0 bridgehead atoms. The Morgan fingerprint density at radius 3 is 2.33 bits per heavy atom. The predicted octanol–water partition coefficient (Wildman–Crippen LogP) is 4.11. The number of hydrogen-bond acceptors (Lipinski definition) is 3. The van der Waals surface area contributed by atoms with Gasteiger partial charge in [0.1, 0.15) is 0 Å². The smallest absolute Gasteiger partial charge is 0.224 e. The number of carbonyl (C=O) groups excluding carboxylic acids is 1. The van der Waals surface area contributed by atoms with Crippen LogP contribution in [0, 0.1) is 0 Å². The number of amides is 1. The minimum Gasteiger partial charge on any atom is -0.379 e. The Balaban J connectivity index is 1.74. The van der Waals surface area contributed by atoms with Crippen molar-refractivity contribution in [3.8, 4) is 0 Å². The first-order valence-electron chi connectivity index (χ1n) is 9.15. The summed E-state index contributed by atoms with van der Waals surface area (Å²) in [5.41, 5.74) is 1.84. The average Bonchev–Trinajstić information content (AvgIpc) is 2.67. The van der Waals surface area contributed by atoms with Crippen LogP contribution in [0.5, 0.6) is 0 Å². The molecule has 1 heterocycles. The van der Waals surface area contributed by atoms with E-state index in [4.69, 9.17) is 27.9 Å². The molecule has 0 spiro atoms. The molecule has 1 N–H and O–H groups in total. The monoisotopic (exact) mass is 406 g/mol. The summed E-state index contributed by atoms with van der Waals surface area (Å²) in [4.78, 5) is 15.0. The minimum atomic E-state index is -0.0910. The van der Waals surface area contributed by atoms with Gasteiger partial charge in [0.2, 0.25) is 5.91 Å². The molecule has 2 unspecified atom stereocenters. The van der Waals surface area contributed by atoms with Gasteiger partial charge >= 0.3 is 0 Å². The standard InChI is InChI=1S/C21H24Cl2N2O2/c1-15(24-20(26)14-17-18(22)8-5-9-19(17)23)21(16-6-3-2-4-7-16)25-10-12-27-13-11-25/h2-9,15,21H,10-14H2,1H3,(H,24,26). The highest BCUT2D eigenvalue weighted by Gasteiger charge is 2.28. The highest BCUT2D eigenvalue weighted by molar-refractivity contribution is 6.36. The van der Waals surface area contributed by atoms with Crippen LogP contribution in [-0.4, -0.2) is 43.2 Å². The van der Waals surface area contributed by atoms with Crippen LogP contribution in [0.25, 0.3) is 0 Å². The molecule has 0 aromatic heterocycles. The van der Waals surface area contributed by atoms with Crippen molar-refractivity contribution >= 4 is 29.1 Å². The molecule has 0 saturated carbocycles. The summed E-state index contributed by atoms with van der Waals surface area (Å²) in [6.45, 7) is 5.14. The molecule has 1 aliphatic heterocycles. The zero-order chi connectivity index (χ0) is 19.2. The van der Waals surface area contributed by atoms with E-state index in [9.17, 15) is 4.79 Å². The van der Waals surface area contributed by atoms with Gasteiger partial charge in [0.05, 0.1) is 25.7 Å². The van der Waals surface area contributed by atoms with Crippen molar-refractivity contribution in [2.75, 3.05) is 26.3 Å². The van der Waals surface area contributed by atoms with Crippen LogP contribution < -0.4 is 5.32 Å². The Bertz CT molecular complexity index is 744. The quantitative estimate of drug-likeness (QED) is 0.784. The molecule has 2 atom stereocenters. The van der Waals surface area contributed by atoms with Crippen LogP contribution in [-0.2, 0) is 16.0 Å². The van der Waals surface area contributed by atoms with Crippen molar-refractivity contribution in [2.24, 2.45) is 0 Å². The van der Waals surface area contributed by atoms with Gasteiger partial charge < -0.3 is 10.1 Å². The largest absolute Gasteiger partial charge is 0.379 e. The van der Waals surface area contributed by atoms with E-state index in [1.807, 2.05) is 25.1 Å². The number of benzene rings is 2. The van der Waals surface area contributed by atoms with E-state index in [1.54, 1.807) is 18.2 Å². The Hall–Kier alpha value is -1.59. The molecular formula is C21H24Cl2N2O2. The zero-order valence-corrected chi connectivity index (χ0v) is 16.8. The number of nitrogens with zero attached hydrogens (tertiary/aromatic N) is 1. The predicted molar refractivity (Wildman–Crippen MR) is 109 cm³/mol. The van der Waals surface area contributed by atoms with Crippen LogP contribution >= 0.6 is 23.2 Å². The highest BCUT2D eigenvalue weighted by atomic mass is 35.5. The van der Waals surface area contributed by atoms with Gasteiger partial charge in [0.25, 0.3) is 0 Å². The number of ether oxygens (including phenoxy) is 1. The second-order valence-electron chi connectivity index (χ2n) is 6.74. The van der Waals surface area contributed by atoms with Crippen LogP contribution in [0.2, 0.25) is 10.0 Å². The lowest BCUT2D eigenvalue weighted by Gasteiger charge is -2.38. The lowest BCUT2D eigenvalue weighted by molar-refractivity contribution is -0.121. The molecule has 27 heavy (non-hydrogen) atoms. The summed E-state index contributed by atoms with van der Waals surface area (Å²) < 4.78 is 5.49. The van der Waals surface area contributed by atoms with Gasteiger partial charge in [-0.05, 0) is 30.2 Å². The highest BCUT2D eigenvalue weighted by Crippen LogP contribution is 2.27. The SMILES string of the molecule is CC(NC(=O)Cc1c(Cl)cccc1Cl)C(c1ccccc1)N1CCOCC1. The van der Waals surface area contributed by atoms with Crippen molar-refractivity contribution in [1.82, 2.24) is 10.2 Å². The fourth-order valence-corrected chi connectivity index (χ4v) is 4.10. The first kappa shape index (κ1) is 20.2. The molecule has 2 aromatic carbocycles. The van der Waals surface area contributed by atoms with E-state index in [1.165, 1.54) is 5.56 Å². The third-order valence-electron chi connectivity index (χ3n) is 4.84. The molecule has 1 aliphatic rings. The molecule has 144 valence electrons. The molecule has 0 radical (unpaired) electrons. The molecule has 1 saturated heterocycles. The van der Waals surface area contributed by atoms with E-state index < -0.39 is 0 Å². The number of morpholine rings is 1. The van der Waals surface area contributed by atoms with Crippen LogP contribution in [0.15, 0.2) is 48.5 Å². The van der Waals surface area contributed by atoms with E-state index >= 15 is 0 Å². The maximum absolute atomic E-state index is 12.7. The molecule has 2 aromatic rings. The maximum Gasteiger partial charge on any atom is 0.224 e. The van der Waals surface area contributed by atoms with E-state index in [0.29, 0.717) is 28.8 Å². The summed E-state index contributed by atoms with van der Waals surface area (Å²) in [6.07, 6.45) is 0.160. The summed E-state index contributed by atoms with van der Waals surface area (Å²) in [6, 6.07) is 15.6. The van der Waals surface area contributed by atoms with Gasteiger partial charge in [0.15, 0.2) is 0 Å². The lowest BCUT2D eigenvalue weighted by atomic mass is 9.97. The number of hydrogen-bond donors (Lipinski definition) is 1. The van der Waals surface area contributed by atoms with Gasteiger partial charge in [-0.2, -0.15) is 0 Å². The Morgan fingerprint density at radius 2 is 1.70 bits per heavy atom. The molecule has 6 heteroatoms. The topological polar surface area (TPSA) is 41.6 Å². The second kappa shape index (κ2) is 9.56. The van der Waals surface area contributed by atoms with Crippen molar-refractivity contribution in [1.29, 1.82) is 0 Å². The van der Waals surface area contributed by atoms with Crippen molar-refractivity contribution in [3.63, 3.8) is 0 Å². The van der Waals surface area contributed by atoms with Gasteiger partial charge in [-0.25, -0.2) is 0 Å². The fourth-order valence-electron chi connectivity index (χ4n) is 3.57. The second-order valence-corrected chi connectivity index (χ2v) is 7.55. The van der Waals surface area contributed by atoms with Crippen LogP contribution in [0.3, 0.4) is 0 Å². The maximum atomic E-state index is 12.7. The lowest BCUT2D eigenvalue weighted by Crippen LogP contribution is -2.48. The van der Waals surface area contributed by atoms with E-state index in [-0.39, 0.29) is 24.4 Å². The summed E-state index contributed by atoms with van der Waals surface area (Å²) in [5.74, 6) is -0.0910. The van der Waals surface area contributed by atoms with Gasteiger partial charge in [-0.1, -0.05) is 59.6 Å². The molecule has 1 amide bonds. The Morgan fingerprint density at radius 1 is 1.07 bits per heavy atom. The normalized spacial score (nSPS) is 17.3. The van der Waals surface area contributed by atoms with E-state index in [2.05, 4.69) is 22.3 Å². The number of rotatable bonds is 6. The van der Waals surface area contributed by atoms with Gasteiger partial charge in [-0.15, -0.1) is 0 Å². The molecule has 4 nitrogen and oxygen atoms in total. The fraction of sp³-hybridized carbons (Fsp3) is 0.381. The van der Waals surface area contributed by atoms with Gasteiger partial charge in [-0.3, -0.25) is 9.69 Å². The molecule has 1 fully saturated rings.